The Kier molecular flexibility index (Phi) is 8.52. The molecule has 174 valence electrons. The van der Waals surface area contributed by atoms with Gasteiger partial charge in [-0.2, -0.15) is 13.2 Å². The van der Waals surface area contributed by atoms with Gasteiger partial charge in [-0.3, -0.25) is 4.79 Å². The summed E-state index contributed by atoms with van der Waals surface area (Å²) in [6, 6.07) is 20.1. The molecule has 3 aromatic rings. The van der Waals surface area contributed by atoms with Gasteiger partial charge in [-0.1, -0.05) is 49.7 Å². The molecule has 3 aromatic carbocycles. The lowest BCUT2D eigenvalue weighted by Gasteiger charge is -2.10. The predicted molar refractivity (Wildman–Crippen MR) is 122 cm³/mol. The van der Waals surface area contributed by atoms with Gasteiger partial charge in [-0.15, -0.1) is 0 Å². The van der Waals surface area contributed by atoms with Crippen LogP contribution in [0.1, 0.15) is 43.7 Å². The van der Waals surface area contributed by atoms with E-state index < -0.39 is 11.7 Å². The van der Waals surface area contributed by atoms with Crippen molar-refractivity contribution < 1.29 is 27.4 Å². The number of ether oxygens (including phenoxy) is 2. The van der Waals surface area contributed by atoms with Gasteiger partial charge in [0.05, 0.1) is 12.2 Å². The second kappa shape index (κ2) is 11.5. The molecule has 0 unspecified atom stereocenters. The molecule has 0 aromatic heterocycles. The lowest BCUT2D eigenvalue weighted by molar-refractivity contribution is -0.143. The van der Waals surface area contributed by atoms with Crippen molar-refractivity contribution in [3.05, 3.63) is 83.9 Å². The first-order chi connectivity index (χ1) is 15.8. The van der Waals surface area contributed by atoms with Crippen molar-refractivity contribution in [2.75, 3.05) is 6.61 Å². The first kappa shape index (κ1) is 24.4. The van der Waals surface area contributed by atoms with Gasteiger partial charge in [0.1, 0.15) is 11.5 Å². The summed E-state index contributed by atoms with van der Waals surface area (Å²) in [6.07, 6.45) is -0.555. The van der Waals surface area contributed by atoms with Gasteiger partial charge in [0.2, 0.25) is 0 Å². The van der Waals surface area contributed by atoms with E-state index in [1.165, 1.54) is 12.1 Å². The number of esters is 1. The second-order valence-electron chi connectivity index (χ2n) is 7.78. The molecule has 0 aliphatic carbocycles. The zero-order valence-electron chi connectivity index (χ0n) is 18.5. The van der Waals surface area contributed by atoms with Crippen LogP contribution in [0.5, 0.6) is 11.5 Å². The molecule has 3 nitrogen and oxygen atoms in total. The Bertz CT molecular complexity index is 1030. The van der Waals surface area contributed by atoms with Crippen molar-refractivity contribution in [3.8, 4) is 22.6 Å². The Labute approximate surface area is 192 Å². The zero-order chi connectivity index (χ0) is 23.7. The van der Waals surface area contributed by atoms with E-state index in [0.29, 0.717) is 24.5 Å². The third-order valence-electron chi connectivity index (χ3n) is 5.14. The highest BCUT2D eigenvalue weighted by Crippen LogP contribution is 2.32. The van der Waals surface area contributed by atoms with E-state index in [-0.39, 0.29) is 5.97 Å². The summed E-state index contributed by atoms with van der Waals surface area (Å²) in [4.78, 5) is 11.7. The maximum Gasteiger partial charge on any atom is 0.416 e. The van der Waals surface area contributed by atoms with E-state index in [0.717, 1.165) is 54.5 Å². The number of unbranched alkanes of at least 4 members (excludes halogenated alkanes) is 1. The summed E-state index contributed by atoms with van der Waals surface area (Å²) in [5.74, 6) is 0.727. The van der Waals surface area contributed by atoms with E-state index in [1.54, 1.807) is 12.1 Å². The molecule has 0 atom stereocenters. The Morgan fingerprint density at radius 1 is 0.848 bits per heavy atom. The maximum atomic E-state index is 12.7. The van der Waals surface area contributed by atoms with Gasteiger partial charge in [-0.05, 0) is 72.4 Å². The molecule has 0 N–H and O–H groups in total. The number of hydrogen-bond donors (Lipinski definition) is 0. The summed E-state index contributed by atoms with van der Waals surface area (Å²) >= 11 is 0. The summed E-state index contributed by atoms with van der Waals surface area (Å²) < 4.78 is 48.9. The second-order valence-corrected chi connectivity index (χ2v) is 7.78. The normalized spacial score (nSPS) is 11.3. The number of hydrogen-bond acceptors (Lipinski definition) is 3. The average molecular weight is 457 g/mol. The van der Waals surface area contributed by atoms with Crippen LogP contribution in [0.4, 0.5) is 13.2 Å². The molecule has 33 heavy (non-hydrogen) atoms. The van der Waals surface area contributed by atoms with Crippen molar-refractivity contribution in [2.45, 2.75) is 45.2 Å². The minimum atomic E-state index is -4.37. The fraction of sp³-hybridized carbons (Fsp3) is 0.296. The molecule has 0 spiro atoms. The number of halogens is 3. The molecule has 0 amide bonds. The van der Waals surface area contributed by atoms with Gasteiger partial charge in [-0.25, -0.2) is 0 Å². The molecular weight excluding hydrogens is 429 g/mol. The Balaban J connectivity index is 1.55. The summed E-state index contributed by atoms with van der Waals surface area (Å²) in [5, 5.41) is 0. The fourth-order valence-electron chi connectivity index (χ4n) is 3.31. The summed E-state index contributed by atoms with van der Waals surface area (Å²) in [6.45, 7) is 2.55. The zero-order valence-corrected chi connectivity index (χ0v) is 18.5. The van der Waals surface area contributed by atoms with Gasteiger partial charge in [0.25, 0.3) is 0 Å². The number of rotatable bonds is 10. The van der Waals surface area contributed by atoms with Crippen LogP contribution in [0.2, 0.25) is 0 Å². The van der Waals surface area contributed by atoms with Gasteiger partial charge >= 0.3 is 12.1 Å². The van der Waals surface area contributed by atoms with Crippen molar-refractivity contribution in [2.24, 2.45) is 0 Å². The predicted octanol–water partition coefficient (Wildman–Crippen LogP) is 7.83. The van der Waals surface area contributed by atoms with Gasteiger partial charge < -0.3 is 9.47 Å². The fourth-order valence-corrected chi connectivity index (χ4v) is 3.31. The minimum Gasteiger partial charge on any atom is -0.466 e. The van der Waals surface area contributed by atoms with Crippen molar-refractivity contribution in [1.29, 1.82) is 0 Å². The molecule has 0 aliphatic heterocycles. The van der Waals surface area contributed by atoms with E-state index in [9.17, 15) is 18.0 Å². The molecule has 0 saturated heterocycles. The largest absolute Gasteiger partial charge is 0.466 e. The number of aryl methyl sites for hydroxylation is 1. The highest BCUT2D eigenvalue weighted by Gasteiger charge is 2.30. The van der Waals surface area contributed by atoms with Crippen LogP contribution in [0.15, 0.2) is 72.8 Å². The van der Waals surface area contributed by atoms with Crippen LogP contribution in [0, 0.1) is 0 Å². The topological polar surface area (TPSA) is 35.5 Å². The van der Waals surface area contributed by atoms with E-state index in [1.807, 2.05) is 30.3 Å². The monoisotopic (exact) mass is 456 g/mol. The van der Waals surface area contributed by atoms with E-state index >= 15 is 0 Å². The van der Waals surface area contributed by atoms with E-state index in [2.05, 4.69) is 13.0 Å². The van der Waals surface area contributed by atoms with Crippen molar-refractivity contribution in [3.63, 3.8) is 0 Å². The number of alkyl halides is 3. The molecule has 0 fully saturated rings. The van der Waals surface area contributed by atoms with Crippen LogP contribution in [-0.2, 0) is 22.1 Å². The first-order valence-corrected chi connectivity index (χ1v) is 11.1. The summed E-state index contributed by atoms with van der Waals surface area (Å²) in [7, 11) is 0. The van der Waals surface area contributed by atoms with Crippen LogP contribution in [-0.4, -0.2) is 12.6 Å². The third kappa shape index (κ3) is 7.67. The third-order valence-corrected chi connectivity index (χ3v) is 5.14. The Hall–Kier alpha value is -3.28. The highest BCUT2D eigenvalue weighted by atomic mass is 19.4. The maximum absolute atomic E-state index is 12.7. The van der Waals surface area contributed by atoms with Gasteiger partial charge in [0, 0.05) is 6.42 Å². The van der Waals surface area contributed by atoms with Gasteiger partial charge in [0.15, 0.2) is 0 Å². The first-order valence-electron chi connectivity index (χ1n) is 11.1. The van der Waals surface area contributed by atoms with Crippen LogP contribution in [0.25, 0.3) is 11.1 Å². The van der Waals surface area contributed by atoms with E-state index in [4.69, 9.17) is 9.47 Å². The van der Waals surface area contributed by atoms with Crippen molar-refractivity contribution in [1.82, 2.24) is 0 Å². The average Bonchev–Trinajstić information content (AvgIpc) is 2.80. The molecule has 0 radical (unpaired) electrons. The molecule has 0 bridgehead atoms. The van der Waals surface area contributed by atoms with Crippen LogP contribution < -0.4 is 4.74 Å². The molecule has 6 heteroatoms. The lowest BCUT2D eigenvalue weighted by atomic mass is 10.0. The smallest absolute Gasteiger partial charge is 0.416 e. The van der Waals surface area contributed by atoms with Crippen LogP contribution in [0.3, 0.4) is 0 Å². The minimum absolute atomic E-state index is 0.150. The molecular formula is C27H27F3O3. The summed E-state index contributed by atoms with van der Waals surface area (Å²) in [5.41, 5.74) is 2.46. The number of benzene rings is 3. The molecule has 3 rings (SSSR count). The van der Waals surface area contributed by atoms with Crippen molar-refractivity contribution >= 4 is 5.97 Å². The lowest BCUT2D eigenvalue weighted by Crippen LogP contribution is -2.05. The van der Waals surface area contributed by atoms with Crippen LogP contribution >= 0.6 is 0 Å². The number of carbonyl (C=O) groups excluding carboxylic acids is 1. The highest BCUT2D eigenvalue weighted by molar-refractivity contribution is 5.69. The standard InChI is InChI=1S/C27H27F3O3/c1-2-3-18-32-26(31)9-5-7-20-6-4-8-22(19-20)21-10-14-24(15-11-21)33-25-16-12-23(13-17-25)27(28,29)30/h4,6,8,10-17,19H,2-3,5,7,9,18H2,1H3. The molecule has 0 saturated carbocycles. The Morgan fingerprint density at radius 3 is 2.15 bits per heavy atom. The Morgan fingerprint density at radius 2 is 1.52 bits per heavy atom. The SMILES string of the molecule is CCCCOC(=O)CCCc1cccc(-c2ccc(Oc3ccc(C(F)(F)F)cc3)cc2)c1. The molecule has 0 heterocycles. The quantitative estimate of drug-likeness (QED) is 0.230. The number of carbonyl (C=O) groups is 1. The molecule has 0 aliphatic rings.